The van der Waals surface area contributed by atoms with E-state index in [2.05, 4.69) is 29.4 Å². The van der Waals surface area contributed by atoms with Crippen molar-refractivity contribution in [2.24, 2.45) is 0 Å². The Morgan fingerprint density at radius 1 is 1.10 bits per heavy atom. The molecule has 2 aromatic heterocycles. The summed E-state index contributed by atoms with van der Waals surface area (Å²) >= 11 is 0. The Hall–Kier alpha value is -1.81. The van der Waals surface area contributed by atoms with Crippen molar-refractivity contribution in [2.45, 2.75) is 40.2 Å². The molecular weight excluding hydrogens is 248 g/mol. The zero-order valence-electron chi connectivity index (χ0n) is 12.3. The topological polar surface area (TPSA) is 50.7 Å². The molecule has 0 atom stereocenters. The zero-order valence-corrected chi connectivity index (χ0v) is 12.3. The zero-order chi connectivity index (χ0) is 14.1. The smallest absolute Gasteiger partial charge is 0.159 e. The summed E-state index contributed by atoms with van der Waals surface area (Å²) in [5.41, 5.74) is 6.79. The first-order chi connectivity index (χ1) is 9.67. The lowest BCUT2D eigenvalue weighted by Gasteiger charge is -2.19. The first-order valence-electron chi connectivity index (χ1n) is 7.22. The Balaban J connectivity index is 2.14. The number of hydrogen-bond donors (Lipinski definition) is 1. The predicted octanol–water partition coefficient (Wildman–Crippen LogP) is 2.36. The molecule has 4 heteroatoms. The van der Waals surface area contributed by atoms with Crippen LogP contribution < -0.4 is 5.32 Å². The highest BCUT2D eigenvalue weighted by Gasteiger charge is 2.17. The molecule has 2 aromatic rings. The number of nitrogens with one attached hydrogen (secondary N) is 1. The molecule has 0 aromatic carbocycles. The number of aromatic nitrogens is 3. The molecule has 4 nitrogen and oxygen atoms in total. The number of pyridine rings is 1. The van der Waals surface area contributed by atoms with Crippen LogP contribution in [-0.4, -0.2) is 21.5 Å². The van der Waals surface area contributed by atoms with E-state index in [1.165, 1.54) is 11.3 Å². The van der Waals surface area contributed by atoms with Crippen LogP contribution in [0.5, 0.6) is 0 Å². The number of hydrogen-bond acceptors (Lipinski definition) is 4. The van der Waals surface area contributed by atoms with E-state index in [1.54, 1.807) is 0 Å². The van der Waals surface area contributed by atoms with Gasteiger partial charge in [-0.2, -0.15) is 0 Å². The van der Waals surface area contributed by atoms with Crippen molar-refractivity contribution in [3.8, 4) is 11.4 Å². The largest absolute Gasteiger partial charge is 0.311 e. The van der Waals surface area contributed by atoms with Gasteiger partial charge in [0.05, 0.1) is 5.69 Å². The SMILES string of the molecule is CCc1nc(-c2cc(C)nc(C)c2)nc2c1CCNC2. The van der Waals surface area contributed by atoms with Crippen LogP contribution >= 0.6 is 0 Å². The van der Waals surface area contributed by atoms with Gasteiger partial charge in [0.1, 0.15) is 0 Å². The fourth-order valence-electron chi connectivity index (χ4n) is 2.82. The maximum atomic E-state index is 4.79. The highest BCUT2D eigenvalue weighted by Crippen LogP contribution is 2.23. The van der Waals surface area contributed by atoms with Crippen LogP contribution in [-0.2, 0) is 19.4 Å². The average molecular weight is 268 g/mol. The summed E-state index contributed by atoms with van der Waals surface area (Å²) in [6, 6.07) is 4.12. The molecule has 104 valence electrons. The third-order valence-electron chi connectivity index (χ3n) is 3.70. The summed E-state index contributed by atoms with van der Waals surface area (Å²) in [5, 5.41) is 3.39. The van der Waals surface area contributed by atoms with E-state index in [0.29, 0.717) is 0 Å². The normalized spacial score (nSPS) is 14.2. The summed E-state index contributed by atoms with van der Waals surface area (Å²) in [6.07, 6.45) is 1.99. The molecule has 3 heterocycles. The van der Waals surface area contributed by atoms with Crippen LogP contribution in [0.2, 0.25) is 0 Å². The molecule has 3 rings (SSSR count). The van der Waals surface area contributed by atoms with Crippen molar-refractivity contribution in [1.29, 1.82) is 0 Å². The second-order valence-corrected chi connectivity index (χ2v) is 5.34. The minimum Gasteiger partial charge on any atom is -0.311 e. The highest BCUT2D eigenvalue weighted by molar-refractivity contribution is 5.57. The molecule has 20 heavy (non-hydrogen) atoms. The van der Waals surface area contributed by atoms with Gasteiger partial charge in [-0.25, -0.2) is 9.97 Å². The van der Waals surface area contributed by atoms with Gasteiger partial charge in [0.25, 0.3) is 0 Å². The fourth-order valence-corrected chi connectivity index (χ4v) is 2.82. The summed E-state index contributed by atoms with van der Waals surface area (Å²) in [4.78, 5) is 14.0. The molecule has 0 bridgehead atoms. The minimum atomic E-state index is 0.831. The number of rotatable bonds is 2. The van der Waals surface area contributed by atoms with Crippen molar-refractivity contribution in [2.75, 3.05) is 6.54 Å². The molecule has 0 amide bonds. The molecule has 1 aliphatic rings. The monoisotopic (exact) mass is 268 g/mol. The Bertz CT molecular complexity index is 612. The summed E-state index contributed by atoms with van der Waals surface area (Å²) in [7, 11) is 0. The fraction of sp³-hybridized carbons (Fsp3) is 0.438. The first-order valence-corrected chi connectivity index (χ1v) is 7.22. The lowest BCUT2D eigenvalue weighted by atomic mass is 10.0. The Kier molecular flexibility index (Phi) is 3.49. The third-order valence-corrected chi connectivity index (χ3v) is 3.70. The van der Waals surface area contributed by atoms with Crippen LogP contribution in [0.15, 0.2) is 12.1 Å². The maximum absolute atomic E-state index is 4.79. The molecule has 0 spiro atoms. The predicted molar refractivity (Wildman–Crippen MR) is 79.5 cm³/mol. The van der Waals surface area contributed by atoms with Gasteiger partial charge in [0.2, 0.25) is 0 Å². The molecule has 0 saturated heterocycles. The van der Waals surface area contributed by atoms with E-state index in [-0.39, 0.29) is 0 Å². The lowest BCUT2D eigenvalue weighted by Crippen LogP contribution is -2.26. The molecule has 0 fully saturated rings. The van der Waals surface area contributed by atoms with Gasteiger partial charge in [-0.05, 0) is 50.9 Å². The number of nitrogens with zero attached hydrogens (tertiary/aromatic N) is 3. The van der Waals surface area contributed by atoms with Gasteiger partial charge >= 0.3 is 0 Å². The Morgan fingerprint density at radius 3 is 2.55 bits per heavy atom. The second-order valence-electron chi connectivity index (χ2n) is 5.34. The van der Waals surface area contributed by atoms with E-state index in [9.17, 15) is 0 Å². The number of fused-ring (bicyclic) bond motifs is 1. The third kappa shape index (κ3) is 2.43. The van der Waals surface area contributed by atoms with Crippen molar-refractivity contribution >= 4 is 0 Å². The molecule has 0 saturated carbocycles. The van der Waals surface area contributed by atoms with Gasteiger partial charge in [0, 0.05) is 29.2 Å². The maximum Gasteiger partial charge on any atom is 0.159 e. The van der Waals surface area contributed by atoms with Crippen LogP contribution in [0.1, 0.15) is 35.3 Å². The van der Waals surface area contributed by atoms with Gasteiger partial charge < -0.3 is 5.32 Å². The standard InChI is InChI=1S/C16H20N4/c1-4-14-13-5-6-17-9-15(13)20-16(19-14)12-7-10(2)18-11(3)8-12/h7-8,17H,4-6,9H2,1-3H3. The van der Waals surface area contributed by atoms with Gasteiger partial charge in [0.15, 0.2) is 5.82 Å². The molecule has 0 unspecified atom stereocenters. The van der Waals surface area contributed by atoms with Crippen LogP contribution in [0.3, 0.4) is 0 Å². The molecule has 0 radical (unpaired) electrons. The van der Waals surface area contributed by atoms with E-state index >= 15 is 0 Å². The number of aryl methyl sites for hydroxylation is 3. The first kappa shape index (κ1) is 13.2. The molecule has 0 aliphatic carbocycles. The summed E-state index contributed by atoms with van der Waals surface area (Å²) in [5.74, 6) is 0.831. The van der Waals surface area contributed by atoms with E-state index in [0.717, 1.165) is 54.4 Å². The van der Waals surface area contributed by atoms with Crippen molar-refractivity contribution in [3.63, 3.8) is 0 Å². The minimum absolute atomic E-state index is 0.831. The van der Waals surface area contributed by atoms with Crippen molar-refractivity contribution in [3.05, 3.63) is 40.5 Å². The van der Waals surface area contributed by atoms with Crippen LogP contribution in [0.4, 0.5) is 0 Å². The van der Waals surface area contributed by atoms with E-state index < -0.39 is 0 Å². The molecule has 1 N–H and O–H groups in total. The van der Waals surface area contributed by atoms with Crippen molar-refractivity contribution in [1.82, 2.24) is 20.3 Å². The molecular formula is C16H20N4. The summed E-state index contributed by atoms with van der Waals surface area (Å²) < 4.78 is 0. The van der Waals surface area contributed by atoms with Crippen LogP contribution in [0.25, 0.3) is 11.4 Å². The quantitative estimate of drug-likeness (QED) is 0.908. The Morgan fingerprint density at radius 2 is 1.85 bits per heavy atom. The van der Waals surface area contributed by atoms with Gasteiger partial charge in [-0.1, -0.05) is 6.92 Å². The van der Waals surface area contributed by atoms with Gasteiger partial charge in [-0.15, -0.1) is 0 Å². The highest BCUT2D eigenvalue weighted by atomic mass is 15.0. The van der Waals surface area contributed by atoms with Crippen LogP contribution in [0, 0.1) is 13.8 Å². The average Bonchev–Trinajstić information content (AvgIpc) is 2.45. The Labute approximate surface area is 119 Å². The van der Waals surface area contributed by atoms with Crippen molar-refractivity contribution < 1.29 is 0 Å². The second kappa shape index (κ2) is 5.29. The molecule has 1 aliphatic heterocycles. The lowest BCUT2D eigenvalue weighted by molar-refractivity contribution is 0.617. The van der Waals surface area contributed by atoms with E-state index in [1.807, 2.05) is 13.8 Å². The summed E-state index contributed by atoms with van der Waals surface area (Å²) in [6.45, 7) is 8.06. The van der Waals surface area contributed by atoms with E-state index in [4.69, 9.17) is 9.97 Å². The van der Waals surface area contributed by atoms with Gasteiger partial charge in [-0.3, -0.25) is 4.98 Å².